The fourth-order valence-electron chi connectivity index (χ4n) is 4.61. The van der Waals surface area contributed by atoms with Crippen LogP contribution >= 0.6 is 0 Å². The molecule has 3 aliphatic heterocycles. The molecule has 2 N–H and O–H groups in total. The molecular weight excluding hydrogens is 415 g/mol. The van der Waals surface area contributed by atoms with Crippen molar-refractivity contribution >= 4 is 16.6 Å². The lowest BCUT2D eigenvalue weighted by molar-refractivity contribution is 0.00794. The van der Waals surface area contributed by atoms with Crippen LogP contribution in [0.5, 0.6) is 5.88 Å². The second kappa shape index (κ2) is 7.97. The average molecular weight is 438 g/mol. The monoisotopic (exact) mass is 438 g/mol. The van der Waals surface area contributed by atoms with Gasteiger partial charge in [0.2, 0.25) is 0 Å². The molecular formula is C24H23FN2O5. The third-order valence-corrected chi connectivity index (χ3v) is 6.28. The van der Waals surface area contributed by atoms with Crippen LogP contribution in [0, 0.1) is 5.82 Å². The zero-order valence-electron chi connectivity index (χ0n) is 17.3. The summed E-state index contributed by atoms with van der Waals surface area (Å²) < 4.78 is 37.4. The molecule has 0 saturated carbocycles. The number of halogens is 1. The van der Waals surface area contributed by atoms with Gasteiger partial charge < -0.3 is 29.0 Å². The summed E-state index contributed by atoms with van der Waals surface area (Å²) in [5.74, 6) is 0.0561. The Balaban J connectivity index is 1.24. The van der Waals surface area contributed by atoms with Crippen LogP contribution in [-0.2, 0) is 14.2 Å². The van der Waals surface area contributed by atoms with Gasteiger partial charge in [-0.3, -0.25) is 0 Å². The minimum Gasteiger partial charge on any atom is -0.470 e. The van der Waals surface area contributed by atoms with Crippen molar-refractivity contribution < 1.29 is 28.4 Å². The minimum atomic E-state index is -0.635. The number of aromatic nitrogens is 2. The lowest BCUT2D eigenvalue weighted by atomic mass is 9.99. The highest BCUT2D eigenvalue weighted by molar-refractivity contribution is 5.81. The normalized spacial score (nSPS) is 27.5. The topological polar surface area (TPSA) is 85.8 Å². The molecule has 6 rings (SSSR count). The number of rotatable bonds is 4. The summed E-state index contributed by atoms with van der Waals surface area (Å²) in [6, 6.07) is 11.0. The van der Waals surface area contributed by atoms with E-state index in [9.17, 15) is 9.50 Å². The zero-order chi connectivity index (χ0) is 21.7. The van der Waals surface area contributed by atoms with Crippen LogP contribution in [0.15, 0.2) is 42.5 Å². The van der Waals surface area contributed by atoms with E-state index in [1.807, 2.05) is 24.3 Å². The number of H-pyrrole nitrogens is 1. The van der Waals surface area contributed by atoms with Crippen molar-refractivity contribution in [1.82, 2.24) is 9.97 Å². The molecule has 0 radical (unpaired) electrons. The Kier molecular flexibility index (Phi) is 4.95. The summed E-state index contributed by atoms with van der Waals surface area (Å²) in [6.45, 7) is 1.91. The molecule has 8 heteroatoms. The third-order valence-electron chi connectivity index (χ3n) is 6.28. The Bertz CT molecular complexity index is 1180. The number of ether oxygens (including phenoxy) is 4. The van der Waals surface area contributed by atoms with E-state index in [0.717, 1.165) is 18.6 Å². The van der Waals surface area contributed by atoms with Crippen LogP contribution in [0.25, 0.3) is 27.9 Å². The van der Waals surface area contributed by atoms with Gasteiger partial charge in [0.05, 0.1) is 37.5 Å². The first kappa shape index (κ1) is 19.9. The molecule has 4 atom stereocenters. The quantitative estimate of drug-likeness (QED) is 0.651. The summed E-state index contributed by atoms with van der Waals surface area (Å²) >= 11 is 0. The number of nitrogens with one attached hydrogen (secondary N) is 1. The SMILES string of the molecule is O[C@@H]1CO[C@H]2[C@@H]1OC[C@H]2Oc1cc2nc(-c3ccc(C4=CCOCC4)cc3)c(F)cc2[nH]1. The number of benzene rings is 1. The number of aliphatic hydroxyl groups is 1. The second-order valence-electron chi connectivity index (χ2n) is 8.34. The molecule has 3 aliphatic rings. The van der Waals surface area contributed by atoms with E-state index in [4.69, 9.17) is 18.9 Å². The number of pyridine rings is 1. The van der Waals surface area contributed by atoms with Crippen LogP contribution in [-0.4, -0.2) is 65.9 Å². The molecule has 0 aliphatic carbocycles. The van der Waals surface area contributed by atoms with Crippen LogP contribution < -0.4 is 4.74 Å². The number of fused-ring (bicyclic) bond motifs is 2. The number of hydrogen-bond donors (Lipinski definition) is 2. The maximum atomic E-state index is 14.9. The molecule has 2 fully saturated rings. The van der Waals surface area contributed by atoms with Gasteiger partial charge >= 0.3 is 0 Å². The fraction of sp³-hybridized carbons (Fsp3) is 0.375. The van der Waals surface area contributed by atoms with Crippen molar-refractivity contribution in [3.63, 3.8) is 0 Å². The predicted octanol–water partition coefficient (Wildman–Crippen LogP) is 3.08. The largest absolute Gasteiger partial charge is 0.470 e. The van der Waals surface area contributed by atoms with E-state index in [0.29, 0.717) is 41.4 Å². The van der Waals surface area contributed by atoms with Gasteiger partial charge in [-0.1, -0.05) is 30.3 Å². The maximum absolute atomic E-state index is 14.9. The molecule has 0 spiro atoms. The number of aliphatic hydroxyl groups excluding tert-OH is 1. The van der Waals surface area contributed by atoms with Crippen LogP contribution in [0.3, 0.4) is 0 Å². The lowest BCUT2D eigenvalue weighted by Crippen LogP contribution is -2.34. The molecule has 2 saturated heterocycles. The van der Waals surface area contributed by atoms with Gasteiger partial charge in [-0.05, 0) is 17.6 Å². The highest BCUT2D eigenvalue weighted by Crippen LogP contribution is 2.32. The Morgan fingerprint density at radius 3 is 2.69 bits per heavy atom. The van der Waals surface area contributed by atoms with Crippen molar-refractivity contribution in [3.8, 4) is 17.1 Å². The highest BCUT2D eigenvalue weighted by atomic mass is 19.1. The standard InChI is InChI=1S/C24H23FN2O5/c25-16-9-17-18(10-21(26-17)32-20-12-31-23-19(28)11-30-24(20)23)27-22(16)15-3-1-13(2-4-15)14-5-7-29-8-6-14/h1-5,9-10,19-20,23-24,26,28H,6-8,11-12H2/t19-,20-,23-,24-/m1/s1. The van der Waals surface area contributed by atoms with Gasteiger partial charge in [0, 0.05) is 17.7 Å². The van der Waals surface area contributed by atoms with Gasteiger partial charge in [0.25, 0.3) is 0 Å². The van der Waals surface area contributed by atoms with Gasteiger partial charge in [0.15, 0.2) is 17.8 Å². The molecule has 0 unspecified atom stereocenters. The van der Waals surface area contributed by atoms with Crippen LogP contribution in [0.4, 0.5) is 4.39 Å². The third kappa shape index (κ3) is 3.49. The van der Waals surface area contributed by atoms with Crippen molar-refractivity contribution in [3.05, 3.63) is 53.9 Å². The Morgan fingerprint density at radius 2 is 1.88 bits per heavy atom. The molecule has 5 heterocycles. The van der Waals surface area contributed by atoms with Gasteiger partial charge in [-0.2, -0.15) is 0 Å². The summed E-state index contributed by atoms with van der Waals surface area (Å²) in [7, 11) is 0. The summed E-state index contributed by atoms with van der Waals surface area (Å²) in [5.41, 5.74) is 4.53. The Labute approximate surface area is 183 Å². The van der Waals surface area contributed by atoms with Crippen molar-refractivity contribution in [1.29, 1.82) is 0 Å². The lowest BCUT2D eigenvalue weighted by Gasteiger charge is -2.16. The Morgan fingerprint density at radius 1 is 1.06 bits per heavy atom. The van der Waals surface area contributed by atoms with Crippen molar-refractivity contribution in [2.24, 2.45) is 0 Å². The molecule has 0 bridgehead atoms. The number of hydrogen-bond acceptors (Lipinski definition) is 6. The minimum absolute atomic E-state index is 0.238. The number of aromatic amines is 1. The summed E-state index contributed by atoms with van der Waals surface area (Å²) in [4.78, 5) is 7.61. The van der Waals surface area contributed by atoms with Crippen molar-refractivity contribution in [2.75, 3.05) is 26.4 Å². The molecule has 1 aromatic carbocycles. The smallest absolute Gasteiger partial charge is 0.193 e. The predicted molar refractivity (Wildman–Crippen MR) is 115 cm³/mol. The van der Waals surface area contributed by atoms with Gasteiger partial charge in [-0.25, -0.2) is 9.37 Å². The average Bonchev–Trinajstić information content (AvgIpc) is 3.51. The number of nitrogens with zero attached hydrogens (tertiary/aromatic N) is 1. The summed E-state index contributed by atoms with van der Waals surface area (Å²) in [6.07, 6.45) is 1.29. The second-order valence-corrected chi connectivity index (χ2v) is 8.34. The Hall–Kier alpha value is -2.78. The fourth-order valence-corrected chi connectivity index (χ4v) is 4.61. The van der Waals surface area contributed by atoms with E-state index in [1.165, 1.54) is 11.6 Å². The van der Waals surface area contributed by atoms with E-state index < -0.39 is 11.9 Å². The van der Waals surface area contributed by atoms with Gasteiger partial charge in [-0.15, -0.1) is 0 Å². The first-order valence-electron chi connectivity index (χ1n) is 10.8. The van der Waals surface area contributed by atoms with E-state index in [1.54, 1.807) is 6.07 Å². The first-order chi connectivity index (χ1) is 15.7. The molecule has 166 valence electrons. The van der Waals surface area contributed by atoms with Crippen molar-refractivity contribution in [2.45, 2.75) is 30.8 Å². The zero-order valence-corrected chi connectivity index (χ0v) is 17.3. The van der Waals surface area contributed by atoms with E-state index >= 15 is 0 Å². The van der Waals surface area contributed by atoms with Gasteiger partial charge in [0.1, 0.15) is 24.0 Å². The first-order valence-corrected chi connectivity index (χ1v) is 10.8. The van der Waals surface area contributed by atoms with E-state index in [-0.39, 0.29) is 24.9 Å². The molecule has 2 aromatic heterocycles. The molecule has 3 aromatic rings. The summed E-state index contributed by atoms with van der Waals surface area (Å²) in [5, 5.41) is 9.88. The highest BCUT2D eigenvalue weighted by Gasteiger charge is 2.48. The van der Waals surface area contributed by atoms with Crippen LogP contribution in [0.2, 0.25) is 0 Å². The maximum Gasteiger partial charge on any atom is 0.193 e. The van der Waals surface area contributed by atoms with Crippen LogP contribution in [0.1, 0.15) is 12.0 Å². The molecule has 0 amide bonds. The molecule has 7 nitrogen and oxygen atoms in total. The molecule has 32 heavy (non-hydrogen) atoms. The van der Waals surface area contributed by atoms with E-state index in [2.05, 4.69) is 16.0 Å².